The molecule has 0 atom stereocenters. The highest BCUT2D eigenvalue weighted by Gasteiger charge is 2.31. The van der Waals surface area contributed by atoms with Gasteiger partial charge in [-0.25, -0.2) is 8.42 Å². The molecule has 7 heteroatoms. The Hall–Kier alpha value is -3.06. The van der Waals surface area contributed by atoms with Crippen molar-refractivity contribution in [2.45, 2.75) is 22.8 Å². The van der Waals surface area contributed by atoms with Crippen LogP contribution in [0, 0.1) is 0 Å². The van der Waals surface area contributed by atoms with E-state index in [4.69, 9.17) is 9.15 Å². The molecule has 0 aliphatic carbocycles. The molecule has 4 rings (SSSR count). The molecule has 2 heterocycles. The fourth-order valence-electron chi connectivity index (χ4n) is 3.30. The Kier molecular flexibility index (Phi) is 5.40. The van der Waals surface area contributed by atoms with Gasteiger partial charge in [-0.3, -0.25) is 0 Å². The highest BCUT2D eigenvalue weighted by molar-refractivity contribution is 7.91. The van der Waals surface area contributed by atoms with E-state index in [1.807, 2.05) is 35.2 Å². The maximum atomic E-state index is 13.2. The lowest BCUT2D eigenvalue weighted by molar-refractivity contribution is 0.414. The summed E-state index contributed by atoms with van der Waals surface area (Å²) < 4.78 is 37.5. The SMILES string of the molecule is COc1cccc(C=Cc2nc(S(=O)(=O)c3ccccc3)c(N3CCCC3)o2)c1. The number of hydrogen-bond acceptors (Lipinski definition) is 6. The Balaban J connectivity index is 1.73. The van der Waals surface area contributed by atoms with Gasteiger partial charge in [0.1, 0.15) is 5.75 Å². The van der Waals surface area contributed by atoms with Crippen molar-refractivity contribution in [3.05, 3.63) is 66.1 Å². The summed E-state index contributed by atoms with van der Waals surface area (Å²) >= 11 is 0. The Morgan fingerprint density at radius 1 is 1.03 bits per heavy atom. The zero-order valence-corrected chi connectivity index (χ0v) is 16.9. The van der Waals surface area contributed by atoms with Crippen LogP contribution in [0.4, 0.5) is 5.88 Å². The highest BCUT2D eigenvalue weighted by atomic mass is 32.2. The van der Waals surface area contributed by atoms with Crippen molar-refractivity contribution in [1.82, 2.24) is 4.98 Å². The number of hydrogen-bond donors (Lipinski definition) is 0. The van der Waals surface area contributed by atoms with Gasteiger partial charge in [0.25, 0.3) is 0 Å². The number of aromatic nitrogens is 1. The summed E-state index contributed by atoms with van der Waals surface area (Å²) in [5.74, 6) is 1.31. The first-order valence-corrected chi connectivity index (χ1v) is 10.9. The van der Waals surface area contributed by atoms with E-state index in [1.165, 1.54) is 0 Å². The van der Waals surface area contributed by atoms with Crippen molar-refractivity contribution < 1.29 is 17.6 Å². The minimum Gasteiger partial charge on any atom is -0.497 e. The quantitative estimate of drug-likeness (QED) is 0.604. The molecule has 1 aliphatic rings. The molecule has 29 heavy (non-hydrogen) atoms. The van der Waals surface area contributed by atoms with Gasteiger partial charge in [-0.2, -0.15) is 4.98 Å². The second kappa shape index (κ2) is 8.13. The van der Waals surface area contributed by atoms with E-state index >= 15 is 0 Å². The fraction of sp³-hybridized carbons (Fsp3) is 0.227. The third kappa shape index (κ3) is 4.05. The lowest BCUT2D eigenvalue weighted by atomic mass is 10.2. The molecular weight excluding hydrogens is 388 g/mol. The third-order valence-corrected chi connectivity index (χ3v) is 6.48. The van der Waals surface area contributed by atoms with Gasteiger partial charge >= 0.3 is 0 Å². The van der Waals surface area contributed by atoms with Crippen LogP contribution in [-0.4, -0.2) is 33.6 Å². The van der Waals surface area contributed by atoms with Crippen molar-refractivity contribution in [2.24, 2.45) is 0 Å². The fourth-order valence-corrected chi connectivity index (χ4v) is 4.65. The van der Waals surface area contributed by atoms with Crippen molar-refractivity contribution in [3.8, 4) is 5.75 Å². The van der Waals surface area contributed by atoms with Crippen LogP contribution in [0.25, 0.3) is 12.2 Å². The molecule has 0 saturated carbocycles. The van der Waals surface area contributed by atoms with E-state index in [9.17, 15) is 8.42 Å². The molecule has 0 unspecified atom stereocenters. The topological polar surface area (TPSA) is 72.6 Å². The molecule has 2 aromatic carbocycles. The van der Waals surface area contributed by atoms with Crippen LogP contribution < -0.4 is 9.64 Å². The summed E-state index contributed by atoms with van der Waals surface area (Å²) in [5.41, 5.74) is 0.901. The minimum absolute atomic E-state index is 0.0316. The van der Waals surface area contributed by atoms with Crippen LogP contribution in [0.1, 0.15) is 24.3 Å². The van der Waals surface area contributed by atoms with E-state index in [0.29, 0.717) is 5.88 Å². The number of sulfone groups is 1. The van der Waals surface area contributed by atoms with E-state index in [0.717, 1.165) is 37.2 Å². The lowest BCUT2D eigenvalue weighted by Crippen LogP contribution is -2.19. The molecular formula is C22H22N2O4S. The summed E-state index contributed by atoms with van der Waals surface area (Å²) in [6.45, 7) is 1.51. The Morgan fingerprint density at radius 3 is 2.52 bits per heavy atom. The van der Waals surface area contributed by atoms with Gasteiger partial charge in [-0.1, -0.05) is 30.3 Å². The standard InChI is InChI=1S/C22H22N2O4S/c1-27-18-9-7-8-17(16-18)12-13-20-23-21(22(28-20)24-14-5-6-15-24)29(25,26)19-10-3-2-4-11-19/h2-4,7-13,16H,5-6,14-15H2,1H3. The van der Waals surface area contributed by atoms with Crippen LogP contribution in [0.5, 0.6) is 5.75 Å². The number of methoxy groups -OCH3 is 1. The summed E-state index contributed by atoms with van der Waals surface area (Å²) in [5, 5.41) is -0.0316. The first-order valence-electron chi connectivity index (χ1n) is 9.46. The predicted octanol–water partition coefficient (Wildman–Crippen LogP) is 4.29. The molecule has 0 amide bonds. The smallest absolute Gasteiger partial charge is 0.236 e. The number of oxazole rings is 1. The summed E-state index contributed by atoms with van der Waals surface area (Å²) in [7, 11) is -2.17. The number of anilines is 1. The Labute approximate surface area is 170 Å². The van der Waals surface area contributed by atoms with Gasteiger partial charge in [-0.15, -0.1) is 0 Å². The molecule has 1 fully saturated rings. The number of rotatable bonds is 6. The predicted molar refractivity (Wildman–Crippen MR) is 112 cm³/mol. The molecule has 1 aromatic heterocycles. The number of nitrogens with zero attached hydrogens (tertiary/aromatic N) is 2. The van der Waals surface area contributed by atoms with E-state index in [-0.39, 0.29) is 15.8 Å². The average molecular weight is 410 g/mol. The van der Waals surface area contributed by atoms with Crippen LogP contribution >= 0.6 is 0 Å². The number of ether oxygens (including phenoxy) is 1. The van der Waals surface area contributed by atoms with Gasteiger partial charge in [0, 0.05) is 19.2 Å². The number of benzene rings is 2. The molecule has 0 spiro atoms. The Morgan fingerprint density at radius 2 is 1.79 bits per heavy atom. The largest absolute Gasteiger partial charge is 0.497 e. The average Bonchev–Trinajstić information content (AvgIpc) is 3.43. The van der Waals surface area contributed by atoms with Gasteiger partial charge in [0.05, 0.1) is 12.0 Å². The normalized spacial score (nSPS) is 14.6. The second-order valence-corrected chi connectivity index (χ2v) is 8.65. The van der Waals surface area contributed by atoms with Gasteiger partial charge in [-0.05, 0) is 48.7 Å². The van der Waals surface area contributed by atoms with Crippen LogP contribution in [0.3, 0.4) is 0 Å². The second-order valence-electron chi connectivity index (χ2n) is 6.78. The van der Waals surface area contributed by atoms with Crippen LogP contribution in [0.15, 0.2) is 68.9 Å². The minimum atomic E-state index is -3.78. The zero-order chi connectivity index (χ0) is 20.3. The monoisotopic (exact) mass is 410 g/mol. The van der Waals surface area contributed by atoms with Crippen LogP contribution in [-0.2, 0) is 9.84 Å². The summed E-state index contributed by atoms with van der Waals surface area (Å²) in [6, 6.07) is 15.9. The van der Waals surface area contributed by atoms with Crippen molar-refractivity contribution >= 4 is 27.9 Å². The molecule has 0 N–H and O–H groups in total. The highest BCUT2D eigenvalue weighted by Crippen LogP contribution is 2.33. The molecule has 150 valence electrons. The molecule has 0 bridgehead atoms. The summed E-state index contributed by atoms with van der Waals surface area (Å²) in [4.78, 5) is 6.50. The van der Waals surface area contributed by atoms with E-state index in [1.54, 1.807) is 43.5 Å². The van der Waals surface area contributed by atoms with E-state index in [2.05, 4.69) is 4.98 Å². The van der Waals surface area contributed by atoms with Crippen LogP contribution in [0.2, 0.25) is 0 Å². The van der Waals surface area contributed by atoms with E-state index < -0.39 is 9.84 Å². The Bertz CT molecular complexity index is 1110. The zero-order valence-electron chi connectivity index (χ0n) is 16.1. The lowest BCUT2D eigenvalue weighted by Gasteiger charge is -2.14. The maximum absolute atomic E-state index is 13.2. The molecule has 3 aromatic rings. The van der Waals surface area contributed by atoms with Gasteiger partial charge < -0.3 is 14.1 Å². The van der Waals surface area contributed by atoms with Crippen molar-refractivity contribution in [1.29, 1.82) is 0 Å². The molecule has 1 aliphatic heterocycles. The first kappa shape index (κ1) is 19.3. The molecule has 6 nitrogen and oxygen atoms in total. The molecule has 1 saturated heterocycles. The third-order valence-electron chi connectivity index (χ3n) is 4.81. The van der Waals surface area contributed by atoms with Gasteiger partial charge in [0.2, 0.25) is 26.6 Å². The van der Waals surface area contributed by atoms with Crippen molar-refractivity contribution in [3.63, 3.8) is 0 Å². The molecule has 0 radical (unpaired) electrons. The first-order chi connectivity index (χ1) is 14.1. The van der Waals surface area contributed by atoms with Crippen molar-refractivity contribution in [2.75, 3.05) is 25.1 Å². The maximum Gasteiger partial charge on any atom is 0.236 e. The van der Waals surface area contributed by atoms with Gasteiger partial charge in [0.15, 0.2) is 0 Å². The summed E-state index contributed by atoms with van der Waals surface area (Å²) in [6.07, 6.45) is 5.50.